The highest BCUT2D eigenvalue weighted by Crippen LogP contribution is 2.36. The smallest absolute Gasteiger partial charge is 0.225 e. The summed E-state index contributed by atoms with van der Waals surface area (Å²) in [6, 6.07) is 8.13. The standard InChI is InChI=1S/C18H23N3O2/c1-12-8-15(20-18(19-12)21(2)3)10-13-9-14-6-5-7-16(22-4)17(14)23-11-13/h5-8,13H,9-11H2,1-4H3. The largest absolute Gasteiger partial charge is 0.493 e. The van der Waals surface area contributed by atoms with E-state index in [2.05, 4.69) is 22.1 Å². The molecule has 0 N–H and O–H groups in total. The molecule has 5 nitrogen and oxygen atoms in total. The van der Waals surface area contributed by atoms with E-state index in [0.717, 1.165) is 41.7 Å². The molecule has 0 spiro atoms. The first-order valence-corrected chi connectivity index (χ1v) is 7.87. The van der Waals surface area contributed by atoms with Crippen molar-refractivity contribution in [3.63, 3.8) is 0 Å². The van der Waals surface area contributed by atoms with Crippen molar-refractivity contribution < 1.29 is 9.47 Å². The van der Waals surface area contributed by atoms with Crippen LogP contribution in [-0.4, -0.2) is 37.8 Å². The molecule has 23 heavy (non-hydrogen) atoms. The summed E-state index contributed by atoms with van der Waals surface area (Å²) in [5.41, 5.74) is 3.28. The summed E-state index contributed by atoms with van der Waals surface area (Å²) < 4.78 is 11.3. The molecule has 0 radical (unpaired) electrons. The van der Waals surface area contributed by atoms with Gasteiger partial charge >= 0.3 is 0 Å². The third-order valence-electron chi connectivity index (χ3n) is 4.05. The third-order valence-corrected chi connectivity index (χ3v) is 4.05. The van der Waals surface area contributed by atoms with E-state index < -0.39 is 0 Å². The van der Waals surface area contributed by atoms with Crippen molar-refractivity contribution in [1.29, 1.82) is 0 Å². The molecule has 2 aromatic rings. The summed E-state index contributed by atoms with van der Waals surface area (Å²) in [6.07, 6.45) is 1.87. The fraction of sp³-hybridized carbons (Fsp3) is 0.444. The molecule has 1 atom stereocenters. The molecule has 1 unspecified atom stereocenters. The predicted octanol–water partition coefficient (Wildman–Crippen LogP) is 2.65. The van der Waals surface area contributed by atoms with Gasteiger partial charge in [-0.2, -0.15) is 0 Å². The Hall–Kier alpha value is -2.30. The molecule has 2 heterocycles. The Labute approximate surface area is 137 Å². The molecule has 1 aromatic carbocycles. The summed E-state index contributed by atoms with van der Waals surface area (Å²) in [4.78, 5) is 11.0. The van der Waals surface area contributed by atoms with Gasteiger partial charge < -0.3 is 14.4 Å². The van der Waals surface area contributed by atoms with Gasteiger partial charge in [0, 0.05) is 31.4 Å². The van der Waals surface area contributed by atoms with Crippen LogP contribution in [0, 0.1) is 12.8 Å². The molecule has 1 aliphatic heterocycles. The molecule has 3 rings (SSSR count). The quantitative estimate of drug-likeness (QED) is 0.868. The Morgan fingerprint density at radius 2 is 2.13 bits per heavy atom. The fourth-order valence-electron chi connectivity index (χ4n) is 2.97. The number of hydrogen-bond acceptors (Lipinski definition) is 5. The lowest BCUT2D eigenvalue weighted by atomic mass is 9.92. The van der Waals surface area contributed by atoms with E-state index >= 15 is 0 Å². The topological polar surface area (TPSA) is 47.5 Å². The highest BCUT2D eigenvalue weighted by Gasteiger charge is 2.23. The number of aromatic nitrogens is 2. The molecule has 1 aliphatic rings. The maximum absolute atomic E-state index is 5.96. The molecular formula is C18H23N3O2. The first-order chi connectivity index (χ1) is 11.1. The molecule has 0 saturated carbocycles. The normalized spacial score (nSPS) is 16.4. The summed E-state index contributed by atoms with van der Waals surface area (Å²) in [5.74, 6) is 2.88. The molecule has 0 fully saturated rings. The van der Waals surface area contributed by atoms with Crippen molar-refractivity contribution >= 4 is 5.95 Å². The average molecular weight is 313 g/mol. The van der Waals surface area contributed by atoms with Gasteiger partial charge in [0.1, 0.15) is 0 Å². The van der Waals surface area contributed by atoms with Gasteiger partial charge in [-0.1, -0.05) is 12.1 Å². The minimum absolute atomic E-state index is 0.416. The van der Waals surface area contributed by atoms with Gasteiger partial charge in [-0.15, -0.1) is 0 Å². The first kappa shape index (κ1) is 15.6. The molecule has 0 saturated heterocycles. The van der Waals surface area contributed by atoms with Gasteiger partial charge in [0.2, 0.25) is 5.95 Å². The lowest BCUT2D eigenvalue weighted by Crippen LogP contribution is -2.24. The summed E-state index contributed by atoms with van der Waals surface area (Å²) >= 11 is 0. The zero-order valence-electron chi connectivity index (χ0n) is 14.2. The first-order valence-electron chi connectivity index (χ1n) is 7.87. The van der Waals surface area contributed by atoms with Crippen molar-refractivity contribution in [3.8, 4) is 11.5 Å². The Kier molecular flexibility index (Phi) is 4.37. The number of nitrogens with zero attached hydrogens (tertiary/aromatic N) is 3. The Morgan fingerprint density at radius 3 is 2.87 bits per heavy atom. The van der Waals surface area contributed by atoms with E-state index in [1.54, 1.807) is 7.11 Å². The molecule has 0 aliphatic carbocycles. The van der Waals surface area contributed by atoms with E-state index in [9.17, 15) is 0 Å². The molecule has 0 amide bonds. The van der Waals surface area contributed by atoms with Crippen molar-refractivity contribution in [2.45, 2.75) is 19.8 Å². The van der Waals surface area contributed by atoms with Crippen molar-refractivity contribution in [2.75, 3.05) is 32.7 Å². The van der Waals surface area contributed by atoms with Gasteiger partial charge in [-0.05, 0) is 37.5 Å². The second-order valence-corrected chi connectivity index (χ2v) is 6.23. The number of para-hydroxylation sites is 1. The summed E-state index contributed by atoms with van der Waals surface area (Å²) in [7, 11) is 5.60. The molecule has 1 aromatic heterocycles. The fourth-order valence-corrected chi connectivity index (χ4v) is 2.97. The number of methoxy groups -OCH3 is 1. The number of benzene rings is 1. The van der Waals surface area contributed by atoms with Crippen LogP contribution in [0.15, 0.2) is 24.3 Å². The van der Waals surface area contributed by atoms with Gasteiger partial charge in [0.05, 0.1) is 13.7 Å². The molecular weight excluding hydrogens is 290 g/mol. The van der Waals surface area contributed by atoms with E-state index in [-0.39, 0.29) is 0 Å². The highest BCUT2D eigenvalue weighted by molar-refractivity contribution is 5.47. The monoisotopic (exact) mass is 313 g/mol. The zero-order chi connectivity index (χ0) is 16.4. The van der Waals surface area contributed by atoms with E-state index in [1.165, 1.54) is 5.56 Å². The maximum atomic E-state index is 5.96. The highest BCUT2D eigenvalue weighted by atomic mass is 16.5. The van der Waals surface area contributed by atoms with E-state index in [4.69, 9.17) is 9.47 Å². The van der Waals surface area contributed by atoms with Crippen molar-refractivity contribution in [1.82, 2.24) is 9.97 Å². The van der Waals surface area contributed by atoms with Crippen LogP contribution >= 0.6 is 0 Å². The summed E-state index contributed by atoms with van der Waals surface area (Å²) in [5, 5.41) is 0. The third kappa shape index (κ3) is 3.38. The van der Waals surface area contributed by atoms with Crippen LogP contribution in [0.3, 0.4) is 0 Å². The van der Waals surface area contributed by atoms with Crippen molar-refractivity contribution in [3.05, 3.63) is 41.2 Å². The van der Waals surface area contributed by atoms with Gasteiger partial charge in [-0.3, -0.25) is 0 Å². The predicted molar refractivity (Wildman–Crippen MR) is 90.5 cm³/mol. The summed E-state index contributed by atoms with van der Waals surface area (Å²) in [6.45, 7) is 2.70. The van der Waals surface area contributed by atoms with Gasteiger partial charge in [-0.25, -0.2) is 9.97 Å². The SMILES string of the molecule is COc1cccc2c1OCC(Cc1cc(C)nc(N(C)C)n1)C2. The van der Waals surface area contributed by atoms with Crippen LogP contribution in [0.2, 0.25) is 0 Å². The van der Waals surface area contributed by atoms with Gasteiger partial charge in [0.25, 0.3) is 0 Å². The van der Waals surface area contributed by atoms with Gasteiger partial charge in [0.15, 0.2) is 11.5 Å². The molecule has 0 bridgehead atoms. The number of hydrogen-bond donors (Lipinski definition) is 0. The maximum Gasteiger partial charge on any atom is 0.225 e. The van der Waals surface area contributed by atoms with Crippen LogP contribution < -0.4 is 14.4 Å². The van der Waals surface area contributed by atoms with Crippen LogP contribution in [0.25, 0.3) is 0 Å². The van der Waals surface area contributed by atoms with Crippen LogP contribution in [0.1, 0.15) is 17.0 Å². The van der Waals surface area contributed by atoms with Crippen molar-refractivity contribution in [2.24, 2.45) is 5.92 Å². The minimum atomic E-state index is 0.416. The lowest BCUT2D eigenvalue weighted by Gasteiger charge is -2.26. The van der Waals surface area contributed by atoms with Crippen LogP contribution in [-0.2, 0) is 12.8 Å². The lowest BCUT2D eigenvalue weighted by molar-refractivity contribution is 0.210. The number of fused-ring (bicyclic) bond motifs is 1. The Morgan fingerprint density at radius 1 is 1.30 bits per heavy atom. The Balaban J connectivity index is 1.77. The average Bonchev–Trinajstić information content (AvgIpc) is 2.53. The zero-order valence-corrected chi connectivity index (χ0v) is 14.2. The molecule has 122 valence electrons. The number of ether oxygens (including phenoxy) is 2. The van der Waals surface area contributed by atoms with E-state index in [1.807, 2.05) is 38.1 Å². The second-order valence-electron chi connectivity index (χ2n) is 6.23. The number of anilines is 1. The minimum Gasteiger partial charge on any atom is -0.493 e. The number of aryl methyl sites for hydroxylation is 1. The Bertz CT molecular complexity index is 701. The van der Waals surface area contributed by atoms with Crippen LogP contribution in [0.5, 0.6) is 11.5 Å². The van der Waals surface area contributed by atoms with Crippen LogP contribution in [0.4, 0.5) is 5.95 Å². The second kappa shape index (κ2) is 6.44. The van der Waals surface area contributed by atoms with E-state index in [0.29, 0.717) is 12.5 Å². The number of rotatable bonds is 4. The molecule has 5 heteroatoms.